The van der Waals surface area contributed by atoms with Crippen LogP contribution in [-0.2, 0) is 35.0 Å². The number of furan rings is 1. The molecule has 33 heavy (non-hydrogen) atoms. The Morgan fingerprint density at radius 1 is 1.18 bits per heavy atom. The zero-order valence-corrected chi connectivity index (χ0v) is 19.9. The van der Waals surface area contributed by atoms with Crippen LogP contribution in [0.4, 0.5) is 0 Å². The summed E-state index contributed by atoms with van der Waals surface area (Å²) >= 11 is 0. The van der Waals surface area contributed by atoms with Gasteiger partial charge in [0.05, 0.1) is 28.4 Å². The van der Waals surface area contributed by atoms with Crippen molar-refractivity contribution in [3.05, 3.63) is 54.0 Å². The standard InChI is InChI=1S/C22H27NO8S2/c1-2-3-11-23(18-10-13-32(26,27)16-18)20(24)14-31-22(25)21-17(9-12-30-21)15-33(28,29)19-7-5-4-6-8-19/h4-9,12,18H,2-3,10-11,13-16H2,1H3. The Morgan fingerprint density at radius 2 is 1.91 bits per heavy atom. The molecule has 0 saturated carbocycles. The summed E-state index contributed by atoms with van der Waals surface area (Å²) < 4.78 is 59.2. The second kappa shape index (κ2) is 10.5. The third kappa shape index (κ3) is 6.44. The molecule has 1 aliphatic rings. The molecule has 2 heterocycles. The average molecular weight is 498 g/mol. The van der Waals surface area contributed by atoms with E-state index in [1.165, 1.54) is 29.4 Å². The van der Waals surface area contributed by atoms with Crippen molar-refractivity contribution >= 4 is 31.6 Å². The Kier molecular flexibility index (Phi) is 7.96. The SMILES string of the molecule is CCCCN(C(=O)COC(=O)c1occc1CS(=O)(=O)c1ccccc1)C1CCS(=O)(=O)C1. The predicted octanol–water partition coefficient (Wildman–Crippen LogP) is 2.23. The number of unbranched alkanes of at least 4 members (excludes halogenated alkanes) is 1. The summed E-state index contributed by atoms with van der Waals surface area (Å²) in [6, 6.07) is 8.74. The number of carbonyl (C=O) groups excluding carboxylic acids is 2. The topological polar surface area (TPSA) is 128 Å². The van der Waals surface area contributed by atoms with E-state index in [0.717, 1.165) is 6.42 Å². The fraction of sp³-hybridized carbons (Fsp3) is 0.455. The summed E-state index contributed by atoms with van der Waals surface area (Å²) in [7, 11) is -6.90. The Balaban J connectivity index is 1.66. The summed E-state index contributed by atoms with van der Waals surface area (Å²) in [5.74, 6) is -2.28. The smallest absolute Gasteiger partial charge is 0.375 e. The maximum Gasteiger partial charge on any atom is 0.375 e. The van der Waals surface area contributed by atoms with Gasteiger partial charge in [0.15, 0.2) is 26.3 Å². The molecular formula is C22H27NO8S2. The van der Waals surface area contributed by atoms with Crippen molar-refractivity contribution in [1.82, 2.24) is 4.90 Å². The summed E-state index contributed by atoms with van der Waals surface area (Å²) in [6.45, 7) is 1.73. The maximum atomic E-state index is 12.7. The van der Waals surface area contributed by atoms with Crippen LogP contribution >= 0.6 is 0 Å². The molecular weight excluding hydrogens is 470 g/mol. The zero-order chi connectivity index (χ0) is 24.1. The third-order valence-electron chi connectivity index (χ3n) is 5.43. The lowest BCUT2D eigenvalue weighted by Crippen LogP contribution is -2.43. The number of esters is 1. The van der Waals surface area contributed by atoms with Crippen LogP contribution in [0.5, 0.6) is 0 Å². The number of benzene rings is 1. The van der Waals surface area contributed by atoms with Crippen LogP contribution in [0.2, 0.25) is 0 Å². The van der Waals surface area contributed by atoms with E-state index in [-0.39, 0.29) is 27.7 Å². The molecule has 0 spiro atoms. The van der Waals surface area contributed by atoms with Crippen molar-refractivity contribution in [3.63, 3.8) is 0 Å². The van der Waals surface area contributed by atoms with E-state index < -0.39 is 50.0 Å². The van der Waals surface area contributed by atoms with Gasteiger partial charge in [-0.3, -0.25) is 4.79 Å². The van der Waals surface area contributed by atoms with Gasteiger partial charge in [-0.25, -0.2) is 21.6 Å². The number of sulfone groups is 2. The number of rotatable bonds is 10. The fourth-order valence-electron chi connectivity index (χ4n) is 3.68. The molecule has 0 N–H and O–H groups in total. The van der Waals surface area contributed by atoms with Crippen LogP contribution in [0.3, 0.4) is 0 Å². The minimum absolute atomic E-state index is 0.0268. The minimum atomic E-state index is -3.72. The normalized spacial score (nSPS) is 17.5. The minimum Gasteiger partial charge on any atom is -0.457 e. The molecule has 0 radical (unpaired) electrons. The summed E-state index contributed by atoms with van der Waals surface area (Å²) in [5.41, 5.74) is 0.126. The highest BCUT2D eigenvalue weighted by molar-refractivity contribution is 7.91. The molecule has 1 atom stereocenters. The van der Waals surface area contributed by atoms with Gasteiger partial charge >= 0.3 is 5.97 Å². The van der Waals surface area contributed by atoms with Crippen LogP contribution in [0.1, 0.15) is 42.3 Å². The molecule has 1 aromatic heterocycles. The summed E-state index contributed by atoms with van der Waals surface area (Å²) in [5, 5.41) is 0. The van der Waals surface area contributed by atoms with Crippen LogP contribution in [-0.4, -0.2) is 64.3 Å². The molecule has 1 aliphatic heterocycles. The quantitative estimate of drug-likeness (QED) is 0.457. The van der Waals surface area contributed by atoms with Gasteiger partial charge in [0.2, 0.25) is 5.76 Å². The van der Waals surface area contributed by atoms with E-state index in [9.17, 15) is 26.4 Å². The van der Waals surface area contributed by atoms with Crippen molar-refractivity contribution in [2.24, 2.45) is 0 Å². The Hall–Kier alpha value is -2.66. The fourth-order valence-corrected chi connectivity index (χ4v) is 6.79. The third-order valence-corrected chi connectivity index (χ3v) is 8.86. The van der Waals surface area contributed by atoms with Crippen molar-refractivity contribution < 1.29 is 35.6 Å². The van der Waals surface area contributed by atoms with Crippen LogP contribution in [0, 0.1) is 0 Å². The van der Waals surface area contributed by atoms with Gasteiger partial charge < -0.3 is 14.1 Å². The molecule has 0 aliphatic carbocycles. The van der Waals surface area contributed by atoms with Gasteiger partial charge in [0.25, 0.3) is 5.91 Å². The number of amides is 1. The van der Waals surface area contributed by atoms with E-state index in [2.05, 4.69) is 0 Å². The first kappa shape index (κ1) is 25.0. The highest BCUT2D eigenvalue weighted by atomic mass is 32.2. The number of nitrogens with zero attached hydrogens (tertiary/aromatic N) is 1. The Morgan fingerprint density at radius 3 is 2.55 bits per heavy atom. The first-order chi connectivity index (χ1) is 15.6. The lowest BCUT2D eigenvalue weighted by molar-refractivity contribution is -0.136. The van der Waals surface area contributed by atoms with E-state index in [0.29, 0.717) is 19.4 Å². The lowest BCUT2D eigenvalue weighted by atomic mass is 10.2. The van der Waals surface area contributed by atoms with Gasteiger partial charge in [0.1, 0.15) is 0 Å². The van der Waals surface area contributed by atoms with Gasteiger partial charge in [-0.05, 0) is 31.0 Å². The van der Waals surface area contributed by atoms with Crippen LogP contribution in [0.25, 0.3) is 0 Å². The Labute approximate surface area is 193 Å². The number of hydrogen-bond donors (Lipinski definition) is 0. The van der Waals surface area contributed by atoms with E-state index >= 15 is 0 Å². The van der Waals surface area contributed by atoms with E-state index in [4.69, 9.17) is 9.15 Å². The van der Waals surface area contributed by atoms with Crippen molar-refractivity contribution in [1.29, 1.82) is 0 Å². The first-order valence-corrected chi connectivity index (χ1v) is 14.1. The lowest BCUT2D eigenvalue weighted by Gasteiger charge is -2.28. The Bertz CT molecular complexity index is 1190. The number of hydrogen-bond acceptors (Lipinski definition) is 8. The van der Waals surface area contributed by atoms with Crippen molar-refractivity contribution in [2.75, 3.05) is 24.7 Å². The molecule has 3 rings (SSSR count). The van der Waals surface area contributed by atoms with Crippen molar-refractivity contribution in [3.8, 4) is 0 Å². The average Bonchev–Trinajstić information content (AvgIpc) is 3.38. The molecule has 9 nitrogen and oxygen atoms in total. The highest BCUT2D eigenvalue weighted by Crippen LogP contribution is 2.21. The van der Waals surface area contributed by atoms with Gasteiger partial charge in [-0.1, -0.05) is 31.5 Å². The molecule has 0 bridgehead atoms. The summed E-state index contributed by atoms with van der Waals surface area (Å²) in [4.78, 5) is 26.9. The monoisotopic (exact) mass is 497 g/mol. The molecule has 1 saturated heterocycles. The highest BCUT2D eigenvalue weighted by Gasteiger charge is 2.35. The number of carbonyl (C=O) groups is 2. The zero-order valence-electron chi connectivity index (χ0n) is 18.3. The van der Waals surface area contributed by atoms with Crippen LogP contribution in [0.15, 0.2) is 52.0 Å². The van der Waals surface area contributed by atoms with E-state index in [1.54, 1.807) is 18.2 Å². The molecule has 1 amide bonds. The number of ether oxygens (including phenoxy) is 1. The van der Waals surface area contributed by atoms with Crippen molar-refractivity contribution in [2.45, 2.75) is 42.9 Å². The second-order valence-electron chi connectivity index (χ2n) is 7.92. The van der Waals surface area contributed by atoms with Crippen LogP contribution < -0.4 is 0 Å². The van der Waals surface area contributed by atoms with Gasteiger partial charge in [-0.15, -0.1) is 0 Å². The molecule has 1 fully saturated rings. The van der Waals surface area contributed by atoms with Gasteiger partial charge in [-0.2, -0.15) is 0 Å². The molecule has 180 valence electrons. The first-order valence-electron chi connectivity index (χ1n) is 10.6. The molecule has 2 aromatic rings. The summed E-state index contributed by atoms with van der Waals surface area (Å²) in [6.07, 6.45) is 3.04. The van der Waals surface area contributed by atoms with E-state index in [1.807, 2.05) is 6.92 Å². The molecule has 1 unspecified atom stereocenters. The maximum absolute atomic E-state index is 12.7. The predicted molar refractivity (Wildman–Crippen MR) is 120 cm³/mol. The second-order valence-corrected chi connectivity index (χ2v) is 12.1. The molecule has 1 aromatic carbocycles. The molecule has 11 heteroatoms. The van der Waals surface area contributed by atoms with Gasteiger partial charge in [0, 0.05) is 18.2 Å². The largest absolute Gasteiger partial charge is 0.457 e.